The number of hydrogen-bond donors (Lipinski definition) is 1. The van der Waals surface area contributed by atoms with E-state index in [-0.39, 0.29) is 24.3 Å². The molecular weight excluding hydrogens is 232 g/mol. The number of aliphatic hydroxyl groups excluding tert-OH is 1. The minimum atomic E-state index is -0.642. The van der Waals surface area contributed by atoms with E-state index in [1.54, 1.807) is 25.4 Å². The van der Waals surface area contributed by atoms with Crippen LogP contribution in [0.5, 0.6) is 5.75 Å². The maximum Gasteiger partial charge on any atom is 0.269 e. The topological polar surface area (TPSA) is 62.7 Å². The van der Waals surface area contributed by atoms with Crippen LogP contribution in [-0.2, 0) is 4.79 Å². The summed E-state index contributed by atoms with van der Waals surface area (Å²) in [6.07, 6.45) is 0.981. The second-order valence-electron chi connectivity index (χ2n) is 4.85. The Kier molecular flexibility index (Phi) is 3.52. The largest absolute Gasteiger partial charge is 0.476 e. The summed E-state index contributed by atoms with van der Waals surface area (Å²) in [5.74, 6) is 0.903. The summed E-state index contributed by atoms with van der Waals surface area (Å²) in [4.78, 5) is 17.9. The predicted molar refractivity (Wildman–Crippen MR) is 67.5 cm³/mol. The highest BCUT2D eigenvalue weighted by Gasteiger charge is 2.39. The SMILES string of the molecule is CC(C)C(CO)C1Oc2cccnc2N(C)C1=O. The summed E-state index contributed by atoms with van der Waals surface area (Å²) in [6.45, 7) is 3.87. The minimum absolute atomic E-state index is 0.0719. The fraction of sp³-hybridized carbons (Fsp3) is 0.538. The number of hydrogen-bond acceptors (Lipinski definition) is 4. The number of nitrogens with zero attached hydrogens (tertiary/aromatic N) is 2. The molecule has 18 heavy (non-hydrogen) atoms. The van der Waals surface area contributed by atoms with E-state index >= 15 is 0 Å². The van der Waals surface area contributed by atoms with E-state index in [0.717, 1.165) is 0 Å². The monoisotopic (exact) mass is 250 g/mol. The van der Waals surface area contributed by atoms with E-state index in [9.17, 15) is 9.90 Å². The van der Waals surface area contributed by atoms with Gasteiger partial charge in [-0.15, -0.1) is 0 Å². The van der Waals surface area contributed by atoms with Gasteiger partial charge in [0.15, 0.2) is 17.7 Å². The van der Waals surface area contributed by atoms with Gasteiger partial charge in [0, 0.05) is 19.2 Å². The van der Waals surface area contributed by atoms with Crippen molar-refractivity contribution in [3.63, 3.8) is 0 Å². The summed E-state index contributed by atoms with van der Waals surface area (Å²) < 4.78 is 5.72. The van der Waals surface area contributed by atoms with Gasteiger partial charge in [-0.05, 0) is 18.1 Å². The Hall–Kier alpha value is -1.62. The molecule has 0 aromatic carbocycles. The first-order valence-electron chi connectivity index (χ1n) is 6.06. The van der Waals surface area contributed by atoms with Crippen molar-refractivity contribution in [1.82, 2.24) is 4.98 Å². The van der Waals surface area contributed by atoms with Gasteiger partial charge in [0.2, 0.25) is 0 Å². The van der Waals surface area contributed by atoms with E-state index < -0.39 is 6.10 Å². The van der Waals surface area contributed by atoms with Gasteiger partial charge in [-0.2, -0.15) is 0 Å². The molecule has 2 atom stereocenters. The van der Waals surface area contributed by atoms with Crippen molar-refractivity contribution >= 4 is 11.7 Å². The molecule has 2 heterocycles. The molecule has 0 spiro atoms. The van der Waals surface area contributed by atoms with Crippen LogP contribution in [0.3, 0.4) is 0 Å². The van der Waals surface area contributed by atoms with Crippen LogP contribution in [0.1, 0.15) is 13.8 Å². The first-order valence-corrected chi connectivity index (χ1v) is 6.06. The van der Waals surface area contributed by atoms with E-state index in [4.69, 9.17) is 4.74 Å². The molecular formula is C13H18N2O3. The lowest BCUT2D eigenvalue weighted by Gasteiger charge is -2.35. The maximum absolute atomic E-state index is 12.2. The van der Waals surface area contributed by atoms with Crippen molar-refractivity contribution in [2.75, 3.05) is 18.6 Å². The van der Waals surface area contributed by atoms with Gasteiger partial charge >= 0.3 is 0 Å². The van der Waals surface area contributed by atoms with Crippen LogP contribution in [0.4, 0.5) is 5.82 Å². The van der Waals surface area contributed by atoms with Crippen LogP contribution in [0.25, 0.3) is 0 Å². The highest BCUT2D eigenvalue weighted by molar-refractivity contribution is 5.98. The summed E-state index contributed by atoms with van der Waals surface area (Å²) in [5, 5.41) is 9.43. The van der Waals surface area contributed by atoms with Gasteiger partial charge in [0.05, 0.1) is 6.61 Å². The average molecular weight is 250 g/mol. The molecule has 2 unspecified atom stereocenters. The van der Waals surface area contributed by atoms with Crippen molar-refractivity contribution < 1.29 is 14.6 Å². The van der Waals surface area contributed by atoms with Crippen LogP contribution in [0.2, 0.25) is 0 Å². The van der Waals surface area contributed by atoms with Gasteiger partial charge in [-0.1, -0.05) is 13.8 Å². The molecule has 1 aromatic rings. The van der Waals surface area contributed by atoms with Gasteiger partial charge in [0.25, 0.3) is 5.91 Å². The number of carbonyl (C=O) groups excluding carboxylic acids is 1. The number of aromatic nitrogens is 1. The molecule has 0 aliphatic carbocycles. The number of ether oxygens (including phenoxy) is 1. The van der Waals surface area contributed by atoms with Crippen molar-refractivity contribution in [2.45, 2.75) is 20.0 Å². The number of aliphatic hydroxyl groups is 1. The molecule has 0 saturated carbocycles. The Morgan fingerprint density at radius 1 is 1.56 bits per heavy atom. The third-order valence-corrected chi connectivity index (χ3v) is 3.35. The summed E-state index contributed by atoms with van der Waals surface area (Å²) >= 11 is 0. The number of fused-ring (bicyclic) bond motifs is 1. The molecule has 1 N–H and O–H groups in total. The molecule has 1 aliphatic rings. The zero-order valence-corrected chi connectivity index (χ0v) is 10.8. The molecule has 5 heteroatoms. The Bertz CT molecular complexity index is 448. The fourth-order valence-corrected chi connectivity index (χ4v) is 2.14. The molecule has 1 amide bonds. The first kappa shape index (κ1) is 12.8. The van der Waals surface area contributed by atoms with Gasteiger partial charge in [0.1, 0.15) is 0 Å². The number of rotatable bonds is 3. The lowest BCUT2D eigenvalue weighted by atomic mass is 9.89. The number of amides is 1. The van der Waals surface area contributed by atoms with Crippen molar-refractivity contribution in [1.29, 1.82) is 0 Å². The molecule has 1 aromatic heterocycles. The molecule has 0 radical (unpaired) electrons. The number of anilines is 1. The standard InChI is InChI=1S/C13H18N2O3/c1-8(2)9(7-16)11-13(17)15(3)12-10(18-11)5-4-6-14-12/h4-6,8-9,11,16H,7H2,1-3H3. The van der Waals surface area contributed by atoms with E-state index in [1.165, 1.54) is 4.90 Å². The molecule has 98 valence electrons. The van der Waals surface area contributed by atoms with Crippen molar-refractivity contribution in [2.24, 2.45) is 11.8 Å². The van der Waals surface area contributed by atoms with Crippen molar-refractivity contribution in [3.8, 4) is 5.75 Å². The van der Waals surface area contributed by atoms with Gasteiger partial charge in [-0.3, -0.25) is 9.69 Å². The first-order chi connectivity index (χ1) is 8.56. The third kappa shape index (κ3) is 2.06. The van der Waals surface area contributed by atoms with Crippen LogP contribution >= 0.6 is 0 Å². The summed E-state index contributed by atoms with van der Waals surface area (Å²) in [5.41, 5.74) is 0. The van der Waals surface area contributed by atoms with E-state index in [2.05, 4.69) is 4.98 Å². The highest BCUT2D eigenvalue weighted by Crippen LogP contribution is 2.33. The van der Waals surface area contributed by atoms with E-state index in [0.29, 0.717) is 11.6 Å². The third-order valence-electron chi connectivity index (χ3n) is 3.35. The second kappa shape index (κ2) is 4.94. The molecule has 0 saturated heterocycles. The molecule has 2 rings (SSSR count). The quantitative estimate of drug-likeness (QED) is 0.871. The Morgan fingerprint density at radius 3 is 2.89 bits per heavy atom. The Morgan fingerprint density at radius 2 is 2.28 bits per heavy atom. The summed E-state index contributed by atoms with van der Waals surface area (Å²) in [7, 11) is 1.68. The molecule has 5 nitrogen and oxygen atoms in total. The van der Waals surface area contributed by atoms with Crippen LogP contribution < -0.4 is 9.64 Å². The molecule has 0 fully saturated rings. The maximum atomic E-state index is 12.2. The fourth-order valence-electron chi connectivity index (χ4n) is 2.14. The lowest BCUT2D eigenvalue weighted by molar-refractivity contribution is -0.130. The smallest absolute Gasteiger partial charge is 0.269 e. The van der Waals surface area contributed by atoms with E-state index in [1.807, 2.05) is 13.8 Å². The lowest BCUT2D eigenvalue weighted by Crippen LogP contribution is -2.50. The molecule has 0 bridgehead atoms. The Balaban J connectivity index is 2.34. The van der Waals surface area contributed by atoms with Crippen molar-refractivity contribution in [3.05, 3.63) is 18.3 Å². The highest BCUT2D eigenvalue weighted by atomic mass is 16.5. The summed E-state index contributed by atoms with van der Waals surface area (Å²) in [6, 6.07) is 3.55. The van der Waals surface area contributed by atoms with Crippen LogP contribution in [-0.4, -0.2) is 35.8 Å². The zero-order valence-electron chi connectivity index (χ0n) is 10.8. The second-order valence-corrected chi connectivity index (χ2v) is 4.85. The van der Waals surface area contributed by atoms with Gasteiger partial charge < -0.3 is 9.84 Å². The number of carbonyl (C=O) groups is 1. The van der Waals surface area contributed by atoms with Crippen LogP contribution in [0.15, 0.2) is 18.3 Å². The minimum Gasteiger partial charge on any atom is -0.476 e. The number of likely N-dealkylation sites (N-methyl/N-ethyl adjacent to an activating group) is 1. The molecule has 1 aliphatic heterocycles. The van der Waals surface area contributed by atoms with Crippen LogP contribution in [0, 0.1) is 11.8 Å². The Labute approximate surface area is 106 Å². The zero-order chi connectivity index (χ0) is 13.3. The normalized spacial score (nSPS) is 20.6. The average Bonchev–Trinajstić information content (AvgIpc) is 2.36. The number of pyridine rings is 1. The van der Waals surface area contributed by atoms with Gasteiger partial charge in [-0.25, -0.2) is 4.98 Å². The predicted octanol–water partition coefficient (Wildman–Crippen LogP) is 1.07.